The van der Waals surface area contributed by atoms with E-state index in [1.807, 2.05) is 45.4 Å². The number of carbonyl (C=O) groups is 1. The maximum Gasteiger partial charge on any atom is 0.317 e. The second-order valence-electron chi connectivity index (χ2n) is 6.25. The first-order valence-electron chi connectivity index (χ1n) is 8.37. The first kappa shape index (κ1) is 18.6. The zero-order valence-corrected chi connectivity index (χ0v) is 15.5. The van der Waals surface area contributed by atoms with Gasteiger partial charge >= 0.3 is 6.03 Å². The molecule has 0 bridgehead atoms. The lowest BCUT2D eigenvalue weighted by Crippen LogP contribution is -2.37. The van der Waals surface area contributed by atoms with Crippen molar-refractivity contribution in [1.82, 2.24) is 10.2 Å². The molecule has 2 rings (SSSR count). The van der Waals surface area contributed by atoms with Crippen molar-refractivity contribution in [1.29, 1.82) is 0 Å². The normalized spacial score (nSPS) is 10.2. The highest BCUT2D eigenvalue weighted by molar-refractivity contribution is 5.73. The summed E-state index contributed by atoms with van der Waals surface area (Å²) in [5.41, 5.74) is 3.43. The van der Waals surface area contributed by atoms with Crippen molar-refractivity contribution < 1.29 is 9.53 Å². The van der Waals surface area contributed by atoms with Crippen LogP contribution in [0.2, 0.25) is 0 Å². The smallest absolute Gasteiger partial charge is 0.317 e. The van der Waals surface area contributed by atoms with Gasteiger partial charge in [0.1, 0.15) is 5.75 Å². The highest BCUT2D eigenvalue weighted by atomic mass is 16.5. The molecule has 5 heteroatoms. The maximum absolute atomic E-state index is 12.2. The first-order chi connectivity index (χ1) is 12.0. The van der Waals surface area contributed by atoms with E-state index in [1.165, 1.54) is 5.56 Å². The summed E-state index contributed by atoms with van der Waals surface area (Å²) < 4.78 is 5.14. The molecule has 0 spiro atoms. The predicted molar refractivity (Wildman–Crippen MR) is 102 cm³/mol. The fraction of sp³-hybridized carbons (Fsp3) is 0.350. The van der Waals surface area contributed by atoms with E-state index < -0.39 is 0 Å². The van der Waals surface area contributed by atoms with Crippen molar-refractivity contribution in [3.05, 3.63) is 59.7 Å². The van der Waals surface area contributed by atoms with Gasteiger partial charge in [-0.3, -0.25) is 0 Å². The number of carbonyl (C=O) groups excluding carboxylic acids is 1. The largest absolute Gasteiger partial charge is 0.497 e. The zero-order valence-electron chi connectivity index (χ0n) is 15.5. The van der Waals surface area contributed by atoms with Crippen LogP contribution in [0.15, 0.2) is 48.5 Å². The van der Waals surface area contributed by atoms with Gasteiger partial charge in [0.05, 0.1) is 7.11 Å². The number of anilines is 1. The number of ether oxygens (including phenoxy) is 1. The summed E-state index contributed by atoms with van der Waals surface area (Å²) >= 11 is 0. The molecule has 0 saturated heterocycles. The van der Waals surface area contributed by atoms with Gasteiger partial charge in [-0.1, -0.05) is 24.3 Å². The standard InChI is InChI=1S/C20H27N3O2/c1-22(2)18-9-5-17(6-10-18)15-23(3)20(24)21-14-13-16-7-11-19(25-4)12-8-16/h5-12H,13-15H2,1-4H3,(H,21,24). The van der Waals surface area contributed by atoms with Crippen LogP contribution < -0.4 is 15.0 Å². The topological polar surface area (TPSA) is 44.8 Å². The third-order valence-electron chi connectivity index (χ3n) is 4.07. The monoisotopic (exact) mass is 341 g/mol. The van der Waals surface area contributed by atoms with Gasteiger partial charge in [0.15, 0.2) is 0 Å². The van der Waals surface area contributed by atoms with E-state index in [0.717, 1.165) is 23.4 Å². The van der Waals surface area contributed by atoms with Crippen LogP contribution in [-0.2, 0) is 13.0 Å². The maximum atomic E-state index is 12.2. The molecule has 0 aliphatic heterocycles. The summed E-state index contributed by atoms with van der Waals surface area (Å²) in [6.07, 6.45) is 0.793. The van der Waals surface area contributed by atoms with Crippen molar-refractivity contribution in [2.24, 2.45) is 0 Å². The highest BCUT2D eigenvalue weighted by Crippen LogP contribution is 2.13. The van der Waals surface area contributed by atoms with Crippen LogP contribution in [0.1, 0.15) is 11.1 Å². The molecule has 1 N–H and O–H groups in total. The van der Waals surface area contributed by atoms with Crippen molar-refractivity contribution in [2.45, 2.75) is 13.0 Å². The molecule has 0 radical (unpaired) electrons. The third kappa shape index (κ3) is 5.71. The highest BCUT2D eigenvalue weighted by Gasteiger charge is 2.08. The van der Waals surface area contributed by atoms with Crippen LogP contribution in [0.5, 0.6) is 5.75 Å². The number of methoxy groups -OCH3 is 1. The van der Waals surface area contributed by atoms with Crippen LogP contribution in [-0.4, -0.2) is 45.7 Å². The summed E-state index contributed by atoms with van der Waals surface area (Å²) in [7, 11) is 7.48. The lowest BCUT2D eigenvalue weighted by atomic mass is 10.1. The minimum atomic E-state index is -0.0646. The minimum absolute atomic E-state index is 0.0646. The van der Waals surface area contributed by atoms with E-state index >= 15 is 0 Å². The molecular weight excluding hydrogens is 314 g/mol. The van der Waals surface area contributed by atoms with Crippen LogP contribution in [0.25, 0.3) is 0 Å². The SMILES string of the molecule is COc1ccc(CCNC(=O)N(C)Cc2ccc(N(C)C)cc2)cc1. The second kappa shape index (κ2) is 8.97. The van der Waals surface area contributed by atoms with Gasteiger partial charge < -0.3 is 19.9 Å². The van der Waals surface area contributed by atoms with Crippen molar-refractivity contribution in [3.63, 3.8) is 0 Å². The zero-order chi connectivity index (χ0) is 18.2. The van der Waals surface area contributed by atoms with E-state index in [9.17, 15) is 4.79 Å². The molecule has 0 heterocycles. The summed E-state index contributed by atoms with van der Waals surface area (Å²) in [4.78, 5) is 15.9. The summed E-state index contributed by atoms with van der Waals surface area (Å²) in [5, 5.41) is 2.96. The molecule has 0 aliphatic carbocycles. The number of hydrogen-bond donors (Lipinski definition) is 1. The van der Waals surface area contributed by atoms with Crippen LogP contribution in [0.3, 0.4) is 0 Å². The average Bonchev–Trinajstić information content (AvgIpc) is 2.62. The molecule has 2 amide bonds. The van der Waals surface area contributed by atoms with Gasteiger partial charge in [-0.05, 0) is 41.8 Å². The molecule has 0 unspecified atom stereocenters. The Labute approximate surface area is 150 Å². The lowest BCUT2D eigenvalue weighted by molar-refractivity contribution is 0.207. The fourth-order valence-electron chi connectivity index (χ4n) is 2.49. The molecule has 0 fully saturated rings. The predicted octanol–water partition coefficient (Wildman–Crippen LogP) is 3.15. The number of nitrogens with one attached hydrogen (secondary N) is 1. The Morgan fingerprint density at radius 3 is 2.12 bits per heavy atom. The molecule has 5 nitrogen and oxygen atoms in total. The number of urea groups is 1. The Morgan fingerprint density at radius 2 is 1.56 bits per heavy atom. The number of amides is 2. The quantitative estimate of drug-likeness (QED) is 0.841. The number of nitrogens with zero attached hydrogens (tertiary/aromatic N) is 2. The minimum Gasteiger partial charge on any atom is -0.497 e. The number of rotatable bonds is 7. The van der Waals surface area contributed by atoms with E-state index in [-0.39, 0.29) is 6.03 Å². The van der Waals surface area contributed by atoms with Gasteiger partial charge in [-0.2, -0.15) is 0 Å². The van der Waals surface area contributed by atoms with Crippen molar-refractivity contribution in [2.75, 3.05) is 39.7 Å². The van der Waals surface area contributed by atoms with E-state index in [4.69, 9.17) is 4.74 Å². The first-order valence-corrected chi connectivity index (χ1v) is 8.37. The van der Waals surface area contributed by atoms with Crippen molar-refractivity contribution in [3.8, 4) is 5.75 Å². The molecule has 25 heavy (non-hydrogen) atoms. The number of hydrogen-bond acceptors (Lipinski definition) is 3. The van der Waals surface area contributed by atoms with Gasteiger partial charge in [0.2, 0.25) is 0 Å². The Balaban J connectivity index is 1.77. The van der Waals surface area contributed by atoms with Crippen LogP contribution >= 0.6 is 0 Å². The van der Waals surface area contributed by atoms with Crippen LogP contribution in [0.4, 0.5) is 10.5 Å². The lowest BCUT2D eigenvalue weighted by Gasteiger charge is -2.19. The molecule has 2 aromatic rings. The molecule has 134 valence electrons. The molecule has 0 saturated carbocycles. The van der Waals surface area contributed by atoms with E-state index in [1.54, 1.807) is 12.0 Å². The Hall–Kier alpha value is -2.69. The molecule has 2 aromatic carbocycles. The van der Waals surface area contributed by atoms with Gasteiger partial charge in [-0.15, -0.1) is 0 Å². The summed E-state index contributed by atoms with van der Waals surface area (Å²) in [5.74, 6) is 0.841. The summed E-state index contributed by atoms with van der Waals surface area (Å²) in [6.45, 7) is 1.19. The molecule has 0 atom stereocenters. The molecule has 0 aliphatic rings. The average molecular weight is 341 g/mol. The third-order valence-corrected chi connectivity index (χ3v) is 4.07. The van der Waals surface area contributed by atoms with Crippen molar-refractivity contribution >= 4 is 11.7 Å². The Morgan fingerprint density at radius 1 is 0.960 bits per heavy atom. The fourth-order valence-corrected chi connectivity index (χ4v) is 2.49. The van der Waals surface area contributed by atoms with Crippen LogP contribution in [0, 0.1) is 0 Å². The van der Waals surface area contributed by atoms with Gasteiger partial charge in [0, 0.05) is 39.9 Å². The molecular formula is C20H27N3O2. The molecule has 0 aromatic heterocycles. The Bertz CT molecular complexity index is 666. The van der Waals surface area contributed by atoms with E-state index in [2.05, 4.69) is 34.5 Å². The summed E-state index contributed by atoms with van der Waals surface area (Å²) in [6, 6.07) is 16.1. The van der Waals surface area contributed by atoms with Gasteiger partial charge in [-0.25, -0.2) is 4.79 Å². The second-order valence-corrected chi connectivity index (χ2v) is 6.25. The Kier molecular flexibility index (Phi) is 6.69. The van der Waals surface area contributed by atoms with E-state index in [0.29, 0.717) is 13.1 Å². The van der Waals surface area contributed by atoms with Gasteiger partial charge in [0.25, 0.3) is 0 Å². The number of benzene rings is 2.